The maximum absolute atomic E-state index is 4.54. The van der Waals surface area contributed by atoms with Crippen LogP contribution in [0.3, 0.4) is 0 Å². The number of aromatic nitrogens is 1. The Balaban J connectivity index is 2.02. The number of aryl methyl sites for hydroxylation is 1. The molecule has 1 atom stereocenters. The lowest BCUT2D eigenvalue weighted by Gasteiger charge is -2.26. The van der Waals surface area contributed by atoms with Crippen molar-refractivity contribution in [3.63, 3.8) is 0 Å². The predicted molar refractivity (Wildman–Crippen MR) is 76.7 cm³/mol. The van der Waals surface area contributed by atoms with Crippen LogP contribution in [0.15, 0.2) is 18.3 Å². The lowest BCUT2D eigenvalue weighted by Crippen LogP contribution is -2.36. The van der Waals surface area contributed by atoms with Crippen molar-refractivity contribution in [2.75, 3.05) is 7.05 Å². The van der Waals surface area contributed by atoms with Crippen molar-refractivity contribution in [3.05, 3.63) is 29.6 Å². The van der Waals surface area contributed by atoms with Gasteiger partial charge in [-0.05, 0) is 44.4 Å². The Morgan fingerprint density at radius 3 is 2.61 bits per heavy atom. The van der Waals surface area contributed by atoms with E-state index in [2.05, 4.69) is 30.3 Å². The average molecular weight is 246 g/mol. The Labute approximate surface area is 111 Å². The molecule has 18 heavy (non-hydrogen) atoms. The van der Waals surface area contributed by atoms with Gasteiger partial charge in [0.1, 0.15) is 0 Å². The van der Waals surface area contributed by atoms with E-state index in [1.807, 2.05) is 12.3 Å². The molecule has 0 radical (unpaired) electrons. The topological polar surface area (TPSA) is 24.9 Å². The van der Waals surface area contributed by atoms with Gasteiger partial charge in [0.2, 0.25) is 0 Å². The van der Waals surface area contributed by atoms with Gasteiger partial charge in [-0.3, -0.25) is 4.98 Å². The number of hydrogen-bond acceptors (Lipinski definition) is 2. The van der Waals surface area contributed by atoms with Gasteiger partial charge in [-0.1, -0.05) is 31.7 Å². The molecule has 0 bridgehead atoms. The minimum absolute atomic E-state index is 0.594. The lowest BCUT2D eigenvalue weighted by atomic mass is 9.88. The Bertz CT molecular complexity index is 354. The number of likely N-dealkylation sites (N-methyl/N-ethyl adjacent to an activating group) is 1. The highest BCUT2D eigenvalue weighted by Gasteiger charge is 2.22. The molecule has 1 aliphatic rings. The Hall–Kier alpha value is -0.890. The summed E-state index contributed by atoms with van der Waals surface area (Å²) in [4.78, 5) is 4.54. The van der Waals surface area contributed by atoms with Crippen LogP contribution in [-0.4, -0.2) is 18.1 Å². The standard InChI is InChI=1S/C16H26N2/c1-13-8-7-11-18-15(13)12-16(17-2)14-9-5-3-4-6-10-14/h7-8,11,14,16-17H,3-6,9-10,12H2,1-2H3. The van der Waals surface area contributed by atoms with E-state index in [1.165, 1.54) is 49.8 Å². The van der Waals surface area contributed by atoms with Crippen LogP contribution in [0.25, 0.3) is 0 Å². The van der Waals surface area contributed by atoms with Gasteiger partial charge < -0.3 is 5.32 Å². The summed E-state index contributed by atoms with van der Waals surface area (Å²) < 4.78 is 0. The predicted octanol–water partition coefficient (Wildman–Crippen LogP) is 3.49. The molecule has 0 aliphatic heterocycles. The monoisotopic (exact) mass is 246 g/mol. The zero-order chi connectivity index (χ0) is 12.8. The van der Waals surface area contributed by atoms with E-state index in [0.29, 0.717) is 6.04 Å². The van der Waals surface area contributed by atoms with Crippen LogP contribution in [-0.2, 0) is 6.42 Å². The van der Waals surface area contributed by atoms with E-state index in [9.17, 15) is 0 Å². The fourth-order valence-corrected chi connectivity index (χ4v) is 3.16. The minimum atomic E-state index is 0.594. The zero-order valence-corrected chi connectivity index (χ0v) is 11.8. The second-order valence-corrected chi connectivity index (χ2v) is 5.62. The maximum Gasteiger partial charge on any atom is 0.0448 e. The quantitative estimate of drug-likeness (QED) is 0.823. The molecule has 1 saturated carbocycles. The molecule has 100 valence electrons. The number of nitrogens with one attached hydrogen (secondary N) is 1. The van der Waals surface area contributed by atoms with Crippen molar-refractivity contribution >= 4 is 0 Å². The third-order valence-corrected chi connectivity index (χ3v) is 4.37. The van der Waals surface area contributed by atoms with Crippen LogP contribution in [0.1, 0.15) is 49.8 Å². The summed E-state index contributed by atoms with van der Waals surface area (Å²) >= 11 is 0. The van der Waals surface area contributed by atoms with Gasteiger partial charge in [-0.25, -0.2) is 0 Å². The molecule has 2 rings (SSSR count). The van der Waals surface area contributed by atoms with Crippen molar-refractivity contribution in [3.8, 4) is 0 Å². The molecule has 1 unspecified atom stereocenters. The van der Waals surface area contributed by atoms with Crippen LogP contribution in [0.2, 0.25) is 0 Å². The molecule has 2 nitrogen and oxygen atoms in total. The minimum Gasteiger partial charge on any atom is -0.316 e. The molecule has 1 aromatic heterocycles. The molecular formula is C16H26N2. The first-order chi connectivity index (χ1) is 8.81. The van der Waals surface area contributed by atoms with Gasteiger partial charge >= 0.3 is 0 Å². The number of nitrogens with zero attached hydrogens (tertiary/aromatic N) is 1. The van der Waals surface area contributed by atoms with Crippen molar-refractivity contribution in [2.24, 2.45) is 5.92 Å². The molecule has 0 aromatic carbocycles. The highest BCUT2D eigenvalue weighted by atomic mass is 14.9. The lowest BCUT2D eigenvalue weighted by molar-refractivity contribution is 0.330. The molecule has 0 saturated heterocycles. The molecule has 1 heterocycles. The van der Waals surface area contributed by atoms with E-state index in [0.717, 1.165) is 12.3 Å². The molecule has 1 fully saturated rings. The first-order valence-corrected chi connectivity index (χ1v) is 7.39. The van der Waals surface area contributed by atoms with E-state index in [1.54, 1.807) is 0 Å². The summed E-state index contributed by atoms with van der Waals surface area (Å²) in [5.41, 5.74) is 2.59. The largest absolute Gasteiger partial charge is 0.316 e. The molecule has 1 N–H and O–H groups in total. The smallest absolute Gasteiger partial charge is 0.0448 e. The molecule has 0 amide bonds. The SMILES string of the molecule is CNC(Cc1ncccc1C)C1CCCCCC1. The third kappa shape index (κ3) is 3.55. The van der Waals surface area contributed by atoms with Gasteiger partial charge in [-0.15, -0.1) is 0 Å². The van der Waals surface area contributed by atoms with E-state index in [-0.39, 0.29) is 0 Å². The molecule has 1 aliphatic carbocycles. The fourth-order valence-electron chi connectivity index (χ4n) is 3.16. The normalized spacial score (nSPS) is 19.4. The van der Waals surface area contributed by atoms with Crippen LogP contribution < -0.4 is 5.32 Å². The van der Waals surface area contributed by atoms with Gasteiger partial charge in [0.05, 0.1) is 0 Å². The van der Waals surface area contributed by atoms with E-state index < -0.39 is 0 Å². The maximum atomic E-state index is 4.54. The summed E-state index contributed by atoms with van der Waals surface area (Å²) in [5, 5.41) is 3.54. The average Bonchev–Trinajstić information content (AvgIpc) is 2.67. The van der Waals surface area contributed by atoms with Crippen LogP contribution >= 0.6 is 0 Å². The molecule has 1 aromatic rings. The highest BCUT2D eigenvalue weighted by molar-refractivity contribution is 5.18. The van der Waals surface area contributed by atoms with Gasteiger partial charge in [-0.2, -0.15) is 0 Å². The van der Waals surface area contributed by atoms with Crippen LogP contribution in [0, 0.1) is 12.8 Å². The van der Waals surface area contributed by atoms with Crippen molar-refractivity contribution in [2.45, 2.75) is 57.9 Å². The summed E-state index contributed by atoms with van der Waals surface area (Å²) in [6.45, 7) is 2.17. The van der Waals surface area contributed by atoms with Crippen molar-refractivity contribution in [1.82, 2.24) is 10.3 Å². The van der Waals surface area contributed by atoms with Gasteiger partial charge in [0.15, 0.2) is 0 Å². The summed E-state index contributed by atoms with van der Waals surface area (Å²) in [7, 11) is 2.10. The van der Waals surface area contributed by atoms with Crippen LogP contribution in [0.5, 0.6) is 0 Å². The van der Waals surface area contributed by atoms with Crippen LogP contribution in [0.4, 0.5) is 0 Å². The second-order valence-electron chi connectivity index (χ2n) is 5.62. The van der Waals surface area contributed by atoms with E-state index >= 15 is 0 Å². The first-order valence-electron chi connectivity index (χ1n) is 7.39. The molecule has 0 spiro atoms. The van der Waals surface area contributed by atoms with Gasteiger partial charge in [0, 0.05) is 24.4 Å². The van der Waals surface area contributed by atoms with Gasteiger partial charge in [0.25, 0.3) is 0 Å². The summed E-state index contributed by atoms with van der Waals surface area (Å²) in [5.74, 6) is 0.832. The second kappa shape index (κ2) is 6.89. The fraction of sp³-hybridized carbons (Fsp3) is 0.688. The van der Waals surface area contributed by atoms with Crippen molar-refractivity contribution < 1.29 is 0 Å². The Morgan fingerprint density at radius 1 is 1.28 bits per heavy atom. The van der Waals surface area contributed by atoms with Crippen molar-refractivity contribution in [1.29, 1.82) is 0 Å². The highest BCUT2D eigenvalue weighted by Crippen LogP contribution is 2.27. The Kier molecular flexibility index (Phi) is 5.18. The summed E-state index contributed by atoms with van der Waals surface area (Å²) in [6, 6.07) is 4.79. The third-order valence-electron chi connectivity index (χ3n) is 4.37. The number of rotatable bonds is 4. The Morgan fingerprint density at radius 2 is 2.00 bits per heavy atom. The molecule has 2 heteroatoms. The molecular weight excluding hydrogens is 220 g/mol. The number of pyridine rings is 1. The van der Waals surface area contributed by atoms with E-state index in [4.69, 9.17) is 0 Å². The zero-order valence-electron chi connectivity index (χ0n) is 11.8. The summed E-state index contributed by atoms with van der Waals surface area (Å²) in [6.07, 6.45) is 11.4. The number of hydrogen-bond donors (Lipinski definition) is 1. The first kappa shape index (κ1) is 13.5.